The first-order chi connectivity index (χ1) is 10.5. The van der Waals surface area contributed by atoms with Crippen molar-refractivity contribution in [2.45, 2.75) is 45.3 Å². The SMILES string of the molecule is COc1cc(C[C@](C)(NC(=O)OC(C)(C)C)C(=O)O)ccc1I. The normalized spacial score (nSPS) is 13.8. The number of carbonyl (C=O) groups is 2. The Kier molecular flexibility index (Phi) is 6.26. The summed E-state index contributed by atoms with van der Waals surface area (Å²) in [5, 5.41) is 12.0. The summed E-state index contributed by atoms with van der Waals surface area (Å²) in [5.41, 5.74) is -1.45. The number of carboxylic acids is 1. The fraction of sp³-hybridized carbons (Fsp3) is 0.500. The molecule has 0 bridgehead atoms. The molecular weight excluding hydrogens is 413 g/mol. The first-order valence-electron chi connectivity index (χ1n) is 7.04. The molecule has 1 atom stereocenters. The van der Waals surface area contributed by atoms with Gasteiger partial charge in [-0.1, -0.05) is 6.07 Å². The van der Waals surface area contributed by atoms with Gasteiger partial charge in [0.2, 0.25) is 0 Å². The molecule has 0 spiro atoms. The zero-order valence-electron chi connectivity index (χ0n) is 13.9. The molecule has 23 heavy (non-hydrogen) atoms. The highest BCUT2D eigenvalue weighted by Crippen LogP contribution is 2.24. The van der Waals surface area contributed by atoms with E-state index < -0.39 is 23.2 Å². The van der Waals surface area contributed by atoms with Gasteiger partial charge in [0.05, 0.1) is 10.7 Å². The Labute approximate surface area is 149 Å². The molecule has 1 aromatic rings. The van der Waals surface area contributed by atoms with Gasteiger partial charge in [0.15, 0.2) is 0 Å². The Morgan fingerprint density at radius 2 is 1.87 bits per heavy atom. The lowest BCUT2D eigenvalue weighted by Gasteiger charge is -2.28. The van der Waals surface area contributed by atoms with Crippen molar-refractivity contribution in [2.75, 3.05) is 7.11 Å². The van der Waals surface area contributed by atoms with Crippen LogP contribution in [0.4, 0.5) is 4.79 Å². The first kappa shape index (κ1) is 19.5. The Balaban J connectivity index is 2.97. The summed E-state index contributed by atoms with van der Waals surface area (Å²) in [6.07, 6.45) is -0.658. The summed E-state index contributed by atoms with van der Waals surface area (Å²) in [5.74, 6) is -0.478. The summed E-state index contributed by atoms with van der Waals surface area (Å²) >= 11 is 2.13. The van der Waals surface area contributed by atoms with E-state index in [0.29, 0.717) is 5.75 Å². The largest absolute Gasteiger partial charge is 0.496 e. The molecule has 0 heterocycles. The van der Waals surface area contributed by atoms with Gasteiger partial charge in [-0.2, -0.15) is 0 Å². The number of nitrogens with one attached hydrogen (secondary N) is 1. The lowest BCUT2D eigenvalue weighted by molar-refractivity contribution is -0.144. The molecular formula is C16H22INO5. The Hall–Kier alpha value is -1.51. The van der Waals surface area contributed by atoms with E-state index in [1.54, 1.807) is 33.9 Å². The predicted octanol–water partition coefficient (Wildman–Crippen LogP) is 3.21. The molecule has 0 saturated carbocycles. The number of aliphatic carboxylic acids is 1. The zero-order valence-corrected chi connectivity index (χ0v) is 16.1. The summed E-state index contributed by atoms with van der Waals surface area (Å²) < 4.78 is 11.3. The molecule has 0 aromatic heterocycles. The second kappa shape index (κ2) is 7.37. The minimum Gasteiger partial charge on any atom is -0.496 e. The minimum atomic E-state index is -1.49. The topological polar surface area (TPSA) is 84.9 Å². The van der Waals surface area contributed by atoms with E-state index in [4.69, 9.17) is 9.47 Å². The zero-order chi connectivity index (χ0) is 17.8. The number of hydrogen-bond acceptors (Lipinski definition) is 4. The molecule has 7 heteroatoms. The van der Waals surface area contributed by atoms with E-state index in [1.807, 2.05) is 12.1 Å². The van der Waals surface area contributed by atoms with Crippen molar-refractivity contribution in [3.63, 3.8) is 0 Å². The van der Waals surface area contributed by atoms with E-state index >= 15 is 0 Å². The number of hydrogen-bond donors (Lipinski definition) is 2. The van der Waals surface area contributed by atoms with Crippen LogP contribution in [0.15, 0.2) is 18.2 Å². The smallest absolute Gasteiger partial charge is 0.408 e. The van der Waals surface area contributed by atoms with Gasteiger partial charge in [-0.3, -0.25) is 0 Å². The predicted molar refractivity (Wildman–Crippen MR) is 94.8 cm³/mol. The van der Waals surface area contributed by atoms with Crippen molar-refractivity contribution >= 4 is 34.7 Å². The van der Waals surface area contributed by atoms with Gasteiger partial charge >= 0.3 is 12.1 Å². The third-order valence-electron chi connectivity index (χ3n) is 3.02. The van der Waals surface area contributed by atoms with Gasteiger partial charge in [-0.15, -0.1) is 0 Å². The number of rotatable bonds is 5. The lowest BCUT2D eigenvalue weighted by atomic mass is 9.93. The van der Waals surface area contributed by atoms with Gasteiger partial charge in [0, 0.05) is 6.42 Å². The highest BCUT2D eigenvalue weighted by molar-refractivity contribution is 14.1. The Bertz CT molecular complexity index is 597. The number of carboxylic acid groups (broad SMARTS) is 1. The summed E-state index contributed by atoms with van der Waals surface area (Å²) in [7, 11) is 1.55. The van der Waals surface area contributed by atoms with E-state index in [9.17, 15) is 14.7 Å². The maximum Gasteiger partial charge on any atom is 0.408 e. The highest BCUT2D eigenvalue weighted by Gasteiger charge is 2.36. The first-order valence-corrected chi connectivity index (χ1v) is 8.12. The van der Waals surface area contributed by atoms with Crippen LogP contribution in [0.1, 0.15) is 33.3 Å². The number of carbonyl (C=O) groups excluding carboxylic acids is 1. The fourth-order valence-corrected chi connectivity index (χ4v) is 2.48. The number of ether oxygens (including phenoxy) is 2. The van der Waals surface area contributed by atoms with Crippen molar-refractivity contribution < 1.29 is 24.2 Å². The standard InChI is InChI=1S/C16H22INO5/c1-15(2,3)23-14(21)18-16(4,13(19)20)9-10-6-7-11(17)12(8-10)22-5/h6-8H,9H2,1-5H3,(H,18,21)(H,19,20)/t16-/m0/s1. The van der Waals surface area contributed by atoms with Crippen molar-refractivity contribution in [3.05, 3.63) is 27.3 Å². The molecule has 0 aliphatic heterocycles. The Morgan fingerprint density at radius 1 is 1.26 bits per heavy atom. The van der Waals surface area contributed by atoms with E-state index in [2.05, 4.69) is 27.9 Å². The van der Waals surface area contributed by atoms with Gasteiger partial charge < -0.3 is 19.9 Å². The van der Waals surface area contributed by atoms with Gasteiger partial charge in [0.1, 0.15) is 16.9 Å². The molecule has 0 aliphatic carbocycles. The second-order valence-electron chi connectivity index (χ2n) is 6.41. The van der Waals surface area contributed by atoms with Gasteiger partial charge in [-0.05, 0) is 68.0 Å². The fourth-order valence-electron chi connectivity index (χ4n) is 1.92. The van der Waals surface area contributed by atoms with E-state index in [1.165, 1.54) is 6.92 Å². The quantitative estimate of drug-likeness (QED) is 0.694. The van der Waals surface area contributed by atoms with E-state index in [-0.39, 0.29) is 6.42 Å². The molecule has 2 N–H and O–H groups in total. The maximum atomic E-state index is 11.9. The molecule has 0 unspecified atom stereocenters. The third-order valence-corrected chi connectivity index (χ3v) is 3.91. The van der Waals surface area contributed by atoms with Crippen molar-refractivity contribution in [1.29, 1.82) is 0 Å². The van der Waals surface area contributed by atoms with Crippen LogP contribution in [-0.4, -0.2) is 35.4 Å². The van der Waals surface area contributed by atoms with Crippen LogP contribution in [-0.2, 0) is 16.0 Å². The average molecular weight is 435 g/mol. The third kappa shape index (κ3) is 5.89. The van der Waals surface area contributed by atoms with Gasteiger partial charge in [-0.25, -0.2) is 9.59 Å². The van der Waals surface area contributed by atoms with Crippen LogP contribution in [0.5, 0.6) is 5.75 Å². The number of halogens is 1. The number of alkyl carbamates (subject to hydrolysis) is 1. The van der Waals surface area contributed by atoms with Crippen LogP contribution >= 0.6 is 22.6 Å². The van der Waals surface area contributed by atoms with Crippen molar-refractivity contribution in [2.24, 2.45) is 0 Å². The van der Waals surface area contributed by atoms with Crippen LogP contribution < -0.4 is 10.1 Å². The molecule has 1 amide bonds. The summed E-state index contributed by atoms with van der Waals surface area (Å²) in [6.45, 7) is 6.60. The monoisotopic (exact) mass is 435 g/mol. The van der Waals surface area contributed by atoms with Crippen LogP contribution in [0.25, 0.3) is 0 Å². The maximum absolute atomic E-state index is 11.9. The lowest BCUT2D eigenvalue weighted by Crippen LogP contribution is -2.54. The number of methoxy groups -OCH3 is 1. The van der Waals surface area contributed by atoms with Gasteiger partial charge in [0.25, 0.3) is 0 Å². The summed E-state index contributed by atoms with van der Waals surface area (Å²) in [4.78, 5) is 23.6. The second-order valence-corrected chi connectivity index (χ2v) is 7.57. The molecule has 0 aliphatic rings. The average Bonchev–Trinajstić information content (AvgIpc) is 2.38. The van der Waals surface area contributed by atoms with Crippen LogP contribution in [0.2, 0.25) is 0 Å². The molecule has 0 radical (unpaired) electrons. The molecule has 0 fully saturated rings. The Morgan fingerprint density at radius 3 is 2.35 bits per heavy atom. The van der Waals surface area contributed by atoms with E-state index in [0.717, 1.165) is 9.13 Å². The summed E-state index contributed by atoms with van der Waals surface area (Å²) in [6, 6.07) is 5.41. The number of benzene rings is 1. The van der Waals surface area contributed by atoms with Crippen molar-refractivity contribution in [1.82, 2.24) is 5.32 Å². The minimum absolute atomic E-state index is 0.106. The molecule has 0 saturated heterocycles. The molecule has 6 nitrogen and oxygen atoms in total. The van der Waals surface area contributed by atoms with Crippen molar-refractivity contribution in [3.8, 4) is 5.75 Å². The van der Waals surface area contributed by atoms with Crippen LogP contribution in [0, 0.1) is 3.57 Å². The molecule has 1 aromatic carbocycles. The van der Waals surface area contributed by atoms with Crippen LogP contribution in [0.3, 0.4) is 0 Å². The molecule has 1 rings (SSSR count). The number of amides is 1. The molecule has 128 valence electrons. The highest BCUT2D eigenvalue weighted by atomic mass is 127.